The molecular weight excluding hydrogens is 216 g/mol. The Labute approximate surface area is 102 Å². The van der Waals surface area contributed by atoms with Gasteiger partial charge < -0.3 is 15.8 Å². The Morgan fingerprint density at radius 1 is 1.53 bits per heavy atom. The van der Waals surface area contributed by atoms with Gasteiger partial charge in [-0.05, 0) is 13.3 Å². The Bertz CT molecular complexity index is 383. The van der Waals surface area contributed by atoms with E-state index in [1.165, 1.54) is 0 Å². The van der Waals surface area contributed by atoms with E-state index >= 15 is 0 Å². The lowest BCUT2D eigenvalue weighted by molar-refractivity contribution is 0.108. The first kappa shape index (κ1) is 12.1. The van der Waals surface area contributed by atoms with Gasteiger partial charge in [0.25, 0.3) is 0 Å². The predicted molar refractivity (Wildman–Crippen MR) is 67.8 cm³/mol. The van der Waals surface area contributed by atoms with Crippen molar-refractivity contribution in [1.29, 1.82) is 0 Å². The smallest absolute Gasteiger partial charge is 0.132 e. The molecule has 17 heavy (non-hydrogen) atoms. The van der Waals surface area contributed by atoms with E-state index in [0.29, 0.717) is 17.8 Å². The normalized spacial score (nSPS) is 23.9. The Morgan fingerprint density at radius 3 is 3.00 bits per heavy atom. The predicted octanol–water partition coefficient (Wildman–Crippen LogP) is 1.46. The number of anilines is 2. The van der Waals surface area contributed by atoms with Gasteiger partial charge in [0.2, 0.25) is 0 Å². The van der Waals surface area contributed by atoms with Crippen molar-refractivity contribution in [3.63, 3.8) is 0 Å². The minimum atomic E-state index is 0.326. The van der Waals surface area contributed by atoms with Crippen molar-refractivity contribution >= 4 is 11.6 Å². The molecule has 1 aliphatic rings. The molecule has 1 fully saturated rings. The SMILES string of the molecule is CCc1nc(N)cc(NCC2CCOC2C)n1. The number of nitrogen functional groups attached to an aromatic ring is 1. The summed E-state index contributed by atoms with van der Waals surface area (Å²) in [6.45, 7) is 5.87. The number of ether oxygens (including phenoxy) is 1. The zero-order valence-corrected chi connectivity index (χ0v) is 10.4. The molecule has 0 bridgehead atoms. The number of hydrogen-bond donors (Lipinski definition) is 2. The zero-order valence-electron chi connectivity index (χ0n) is 10.4. The summed E-state index contributed by atoms with van der Waals surface area (Å²) >= 11 is 0. The third-order valence-electron chi connectivity index (χ3n) is 3.19. The van der Waals surface area contributed by atoms with E-state index in [1.54, 1.807) is 6.07 Å². The summed E-state index contributed by atoms with van der Waals surface area (Å²) in [6.07, 6.45) is 2.23. The average molecular weight is 236 g/mol. The summed E-state index contributed by atoms with van der Waals surface area (Å²) in [5.41, 5.74) is 5.73. The fraction of sp³-hybridized carbons (Fsp3) is 0.667. The molecule has 2 atom stereocenters. The third-order valence-corrected chi connectivity index (χ3v) is 3.19. The molecule has 1 saturated heterocycles. The summed E-state index contributed by atoms with van der Waals surface area (Å²) in [4.78, 5) is 8.54. The molecule has 0 radical (unpaired) electrons. The number of nitrogens with two attached hydrogens (primary N) is 1. The maximum Gasteiger partial charge on any atom is 0.132 e. The van der Waals surface area contributed by atoms with Gasteiger partial charge in [0.15, 0.2) is 0 Å². The Kier molecular flexibility index (Phi) is 3.78. The number of aryl methyl sites for hydroxylation is 1. The van der Waals surface area contributed by atoms with Crippen LogP contribution in [0.5, 0.6) is 0 Å². The van der Waals surface area contributed by atoms with E-state index in [4.69, 9.17) is 10.5 Å². The molecule has 3 N–H and O–H groups in total. The molecular formula is C12H20N4O. The standard InChI is InChI=1S/C12H20N4O/c1-3-11-15-10(13)6-12(16-11)14-7-9-4-5-17-8(9)2/h6,8-9H,3-5,7H2,1-2H3,(H3,13,14,15,16). The molecule has 94 valence electrons. The highest BCUT2D eigenvalue weighted by molar-refractivity contribution is 5.44. The molecule has 1 aromatic rings. The van der Waals surface area contributed by atoms with Gasteiger partial charge in [0.05, 0.1) is 6.10 Å². The van der Waals surface area contributed by atoms with Crippen LogP contribution in [-0.2, 0) is 11.2 Å². The maximum absolute atomic E-state index is 5.73. The Balaban J connectivity index is 1.96. The molecule has 0 aromatic carbocycles. The molecule has 1 aromatic heterocycles. The van der Waals surface area contributed by atoms with Crippen LogP contribution in [-0.4, -0.2) is 29.2 Å². The molecule has 1 aliphatic heterocycles. The number of rotatable bonds is 4. The summed E-state index contributed by atoms with van der Waals surface area (Å²) in [5.74, 6) is 2.67. The minimum Gasteiger partial charge on any atom is -0.384 e. The van der Waals surface area contributed by atoms with E-state index in [-0.39, 0.29) is 0 Å². The second-order valence-electron chi connectivity index (χ2n) is 4.45. The molecule has 5 heteroatoms. The van der Waals surface area contributed by atoms with Gasteiger partial charge in [0, 0.05) is 31.6 Å². The highest BCUT2D eigenvalue weighted by atomic mass is 16.5. The van der Waals surface area contributed by atoms with Crippen LogP contribution in [0.1, 0.15) is 26.1 Å². The van der Waals surface area contributed by atoms with Gasteiger partial charge in [-0.2, -0.15) is 0 Å². The molecule has 5 nitrogen and oxygen atoms in total. The number of nitrogens with one attached hydrogen (secondary N) is 1. The van der Waals surface area contributed by atoms with Gasteiger partial charge in [0.1, 0.15) is 17.5 Å². The summed E-state index contributed by atoms with van der Waals surface area (Å²) in [7, 11) is 0. The van der Waals surface area contributed by atoms with Crippen LogP contribution in [0.2, 0.25) is 0 Å². The highest BCUT2D eigenvalue weighted by Crippen LogP contribution is 2.21. The van der Waals surface area contributed by atoms with Gasteiger partial charge >= 0.3 is 0 Å². The zero-order chi connectivity index (χ0) is 12.3. The van der Waals surface area contributed by atoms with Crippen LogP contribution >= 0.6 is 0 Å². The van der Waals surface area contributed by atoms with E-state index in [0.717, 1.165) is 37.6 Å². The Hall–Kier alpha value is -1.36. The summed E-state index contributed by atoms with van der Waals surface area (Å²) in [6, 6.07) is 1.78. The molecule has 0 amide bonds. The van der Waals surface area contributed by atoms with Crippen molar-refractivity contribution in [2.45, 2.75) is 32.8 Å². The fourth-order valence-corrected chi connectivity index (χ4v) is 2.05. The molecule has 0 spiro atoms. The Morgan fingerprint density at radius 2 is 2.35 bits per heavy atom. The van der Waals surface area contributed by atoms with E-state index < -0.39 is 0 Å². The molecule has 0 aliphatic carbocycles. The monoisotopic (exact) mass is 236 g/mol. The molecule has 2 rings (SSSR count). The molecule has 0 saturated carbocycles. The van der Waals surface area contributed by atoms with Crippen molar-refractivity contribution in [3.05, 3.63) is 11.9 Å². The lowest BCUT2D eigenvalue weighted by Gasteiger charge is -2.15. The van der Waals surface area contributed by atoms with Crippen molar-refractivity contribution in [2.75, 3.05) is 24.2 Å². The topological polar surface area (TPSA) is 73.1 Å². The van der Waals surface area contributed by atoms with Crippen LogP contribution < -0.4 is 11.1 Å². The van der Waals surface area contributed by atoms with Gasteiger partial charge in [-0.25, -0.2) is 9.97 Å². The summed E-state index contributed by atoms with van der Waals surface area (Å²) < 4.78 is 5.53. The van der Waals surface area contributed by atoms with Crippen molar-refractivity contribution in [1.82, 2.24) is 9.97 Å². The first-order chi connectivity index (χ1) is 8.19. The largest absolute Gasteiger partial charge is 0.384 e. The lowest BCUT2D eigenvalue weighted by atomic mass is 10.0. The van der Waals surface area contributed by atoms with Crippen molar-refractivity contribution < 1.29 is 4.74 Å². The quantitative estimate of drug-likeness (QED) is 0.828. The number of aromatic nitrogens is 2. The van der Waals surface area contributed by atoms with Crippen LogP contribution in [0.4, 0.5) is 11.6 Å². The molecule has 2 heterocycles. The van der Waals surface area contributed by atoms with Gasteiger partial charge in [-0.3, -0.25) is 0 Å². The van der Waals surface area contributed by atoms with E-state index in [1.807, 2.05) is 6.92 Å². The van der Waals surface area contributed by atoms with Gasteiger partial charge in [-0.1, -0.05) is 6.92 Å². The van der Waals surface area contributed by atoms with Crippen molar-refractivity contribution in [3.8, 4) is 0 Å². The average Bonchev–Trinajstić information content (AvgIpc) is 2.71. The van der Waals surface area contributed by atoms with Gasteiger partial charge in [-0.15, -0.1) is 0 Å². The number of nitrogens with zero attached hydrogens (tertiary/aromatic N) is 2. The second kappa shape index (κ2) is 5.31. The second-order valence-corrected chi connectivity index (χ2v) is 4.45. The first-order valence-electron chi connectivity index (χ1n) is 6.18. The third kappa shape index (κ3) is 3.06. The maximum atomic E-state index is 5.73. The molecule has 2 unspecified atom stereocenters. The lowest BCUT2D eigenvalue weighted by Crippen LogP contribution is -2.21. The van der Waals surface area contributed by atoms with E-state index in [9.17, 15) is 0 Å². The fourth-order valence-electron chi connectivity index (χ4n) is 2.05. The van der Waals surface area contributed by atoms with Crippen LogP contribution in [0.25, 0.3) is 0 Å². The van der Waals surface area contributed by atoms with E-state index in [2.05, 4.69) is 22.2 Å². The first-order valence-corrected chi connectivity index (χ1v) is 6.18. The number of hydrogen-bond acceptors (Lipinski definition) is 5. The minimum absolute atomic E-state index is 0.326. The summed E-state index contributed by atoms with van der Waals surface area (Å²) in [5, 5.41) is 3.32. The van der Waals surface area contributed by atoms with Crippen molar-refractivity contribution in [2.24, 2.45) is 5.92 Å². The van der Waals surface area contributed by atoms with Crippen LogP contribution in [0, 0.1) is 5.92 Å². The van der Waals surface area contributed by atoms with Crippen LogP contribution in [0.3, 0.4) is 0 Å². The highest BCUT2D eigenvalue weighted by Gasteiger charge is 2.23. The van der Waals surface area contributed by atoms with Crippen LogP contribution in [0.15, 0.2) is 6.07 Å².